The molecule has 23 heavy (non-hydrogen) atoms. The number of rotatable bonds is 4. The summed E-state index contributed by atoms with van der Waals surface area (Å²) in [5, 5.41) is 31.6. The number of hydrogen-bond donors (Lipinski definition) is 4. The van der Waals surface area contributed by atoms with E-state index in [4.69, 9.17) is 27.2 Å². The molecule has 2 aliphatic rings. The van der Waals surface area contributed by atoms with E-state index < -0.39 is 48.7 Å². The molecular formula is C10H14Cl2FN2O7P. The first-order valence-corrected chi connectivity index (χ1v) is 9.66. The first-order valence-electron chi connectivity index (χ1n) is 6.23. The van der Waals surface area contributed by atoms with Gasteiger partial charge in [0.2, 0.25) is 0 Å². The predicted molar refractivity (Wildman–Crippen MR) is 76.1 cm³/mol. The number of aliphatic hydroxyl groups excluding tert-OH is 2. The number of amides is 2. The predicted octanol–water partition coefficient (Wildman–Crippen LogP) is 0.580. The van der Waals surface area contributed by atoms with Crippen molar-refractivity contribution >= 4 is 34.6 Å². The van der Waals surface area contributed by atoms with Gasteiger partial charge in [-0.25, -0.2) is 9.18 Å². The van der Waals surface area contributed by atoms with Crippen LogP contribution in [0.3, 0.4) is 0 Å². The van der Waals surface area contributed by atoms with Gasteiger partial charge in [0.1, 0.15) is 24.5 Å². The molecule has 0 aromatic carbocycles. The van der Waals surface area contributed by atoms with Gasteiger partial charge < -0.3 is 29.9 Å². The van der Waals surface area contributed by atoms with E-state index in [2.05, 4.69) is 9.84 Å². The number of carbonyl (C=O) groups excluding carboxylic acids is 1. The first-order chi connectivity index (χ1) is 10.4. The summed E-state index contributed by atoms with van der Waals surface area (Å²) in [7, 11) is 0. The monoisotopic (exact) mass is 394 g/mol. The van der Waals surface area contributed by atoms with E-state index in [9.17, 15) is 29.1 Å². The highest BCUT2D eigenvalue weighted by molar-refractivity contribution is 8.05. The van der Waals surface area contributed by atoms with Gasteiger partial charge in [-0.15, -0.1) is 0 Å². The van der Waals surface area contributed by atoms with Crippen LogP contribution < -0.4 is 5.32 Å². The number of halogens is 3. The number of urea groups is 1. The highest BCUT2D eigenvalue weighted by Crippen LogP contribution is 2.58. The number of hydrogen-bond acceptors (Lipinski definition) is 7. The minimum atomic E-state index is -4.11. The molecule has 5 atom stereocenters. The van der Waals surface area contributed by atoms with Gasteiger partial charge in [-0.3, -0.25) is 9.46 Å². The third-order valence-electron chi connectivity index (χ3n) is 3.37. The molecule has 132 valence electrons. The Hall–Kier alpha value is -0.450. The zero-order chi connectivity index (χ0) is 17.6. The third-order valence-corrected chi connectivity index (χ3v) is 4.38. The van der Waals surface area contributed by atoms with Gasteiger partial charge in [-0.05, 0) is 35.5 Å². The third kappa shape index (κ3) is 3.80. The van der Waals surface area contributed by atoms with Crippen LogP contribution in [0.15, 0.2) is 12.3 Å². The smallest absolute Gasteiger partial charge is 0.380 e. The normalized spacial score (nSPS) is 41.3. The van der Waals surface area contributed by atoms with Crippen LogP contribution in [0.4, 0.5) is 9.18 Å². The summed E-state index contributed by atoms with van der Waals surface area (Å²) < 4.78 is 35.1. The molecule has 2 heterocycles. The Morgan fingerprint density at radius 1 is 1.57 bits per heavy atom. The Labute approximate surface area is 139 Å². The van der Waals surface area contributed by atoms with Crippen LogP contribution in [0.1, 0.15) is 6.92 Å². The highest BCUT2D eigenvalue weighted by atomic mass is 35.9. The van der Waals surface area contributed by atoms with Gasteiger partial charge in [-0.1, -0.05) is 0 Å². The topological polar surface area (TPSA) is 129 Å². The van der Waals surface area contributed by atoms with Crippen molar-refractivity contribution in [2.24, 2.45) is 0 Å². The molecule has 0 spiro atoms. The zero-order valence-electron chi connectivity index (χ0n) is 11.6. The van der Waals surface area contributed by atoms with Crippen LogP contribution in [-0.4, -0.2) is 62.9 Å². The molecule has 1 saturated heterocycles. The lowest BCUT2D eigenvalue weighted by Crippen LogP contribution is -2.57. The Bertz CT molecular complexity index is 573. The summed E-state index contributed by atoms with van der Waals surface area (Å²) in [4.78, 5) is 12.5. The van der Waals surface area contributed by atoms with Gasteiger partial charge in [0, 0.05) is 6.20 Å². The summed E-state index contributed by atoms with van der Waals surface area (Å²) in [6.45, 7) is -0.121. The second-order valence-electron chi connectivity index (χ2n) is 5.22. The highest BCUT2D eigenvalue weighted by Gasteiger charge is 2.64. The summed E-state index contributed by atoms with van der Waals surface area (Å²) in [6.07, 6.45) is -7.02. The Morgan fingerprint density at radius 3 is 2.70 bits per heavy atom. The molecule has 2 rings (SSSR count). The van der Waals surface area contributed by atoms with Crippen molar-refractivity contribution in [2.75, 3.05) is 6.61 Å². The molecule has 9 nitrogen and oxygen atoms in total. The van der Waals surface area contributed by atoms with E-state index in [0.717, 1.165) is 24.1 Å². The van der Waals surface area contributed by atoms with Crippen LogP contribution in [0.5, 0.6) is 0 Å². The second-order valence-corrected chi connectivity index (χ2v) is 9.49. The molecule has 4 N–H and O–H groups in total. The molecule has 0 aromatic rings. The molecule has 13 heteroatoms. The fourth-order valence-electron chi connectivity index (χ4n) is 2.23. The van der Waals surface area contributed by atoms with Gasteiger partial charge in [0.05, 0.1) is 0 Å². The quantitative estimate of drug-likeness (QED) is 0.513. The fourth-order valence-corrected chi connectivity index (χ4v) is 2.85. The van der Waals surface area contributed by atoms with E-state index >= 15 is 0 Å². The molecule has 1 unspecified atom stereocenters. The standard InChI is InChI=1S/C10H14Cl2FN2O7P/c1-9(19)6(17)10(13,4-21-23(11,12)20)22-7(9)15-3-2-5(16)14-8(15)18/h2-3,5-7,16-17,19H,4H2,1H3,(H,14,18)/t5?,6-,7+,9+,10+/m0/s1. The fraction of sp³-hybridized carbons (Fsp3) is 0.700. The number of aliphatic hydroxyl groups is 3. The van der Waals surface area contributed by atoms with Gasteiger partial charge in [-0.2, -0.15) is 0 Å². The van der Waals surface area contributed by atoms with Crippen molar-refractivity contribution in [1.82, 2.24) is 10.2 Å². The molecule has 1 fully saturated rings. The van der Waals surface area contributed by atoms with Crippen LogP contribution in [-0.2, 0) is 13.8 Å². The van der Waals surface area contributed by atoms with Crippen molar-refractivity contribution in [1.29, 1.82) is 0 Å². The lowest BCUT2D eigenvalue weighted by molar-refractivity contribution is -0.203. The van der Waals surface area contributed by atoms with Gasteiger partial charge in [0.15, 0.2) is 6.23 Å². The SMILES string of the molecule is C[C@]1(O)[C@H](N2C=CC(O)NC2=O)O[C@](F)(COP(=O)(Cl)Cl)[C@H]1O. The maximum absolute atomic E-state index is 14.7. The molecule has 2 amide bonds. The molecular weight excluding hydrogens is 381 g/mol. The van der Waals surface area contributed by atoms with Crippen molar-refractivity contribution < 1.29 is 38.3 Å². The molecule has 0 aromatic heterocycles. The molecule has 0 radical (unpaired) electrons. The number of alkyl halides is 1. The van der Waals surface area contributed by atoms with Crippen LogP contribution in [0, 0.1) is 0 Å². The lowest BCUT2D eigenvalue weighted by atomic mass is 9.95. The molecule has 0 bridgehead atoms. The second kappa shape index (κ2) is 6.12. The van der Waals surface area contributed by atoms with Crippen molar-refractivity contribution in [3.05, 3.63) is 12.3 Å². The van der Waals surface area contributed by atoms with Crippen LogP contribution in [0.2, 0.25) is 0 Å². The number of nitrogens with one attached hydrogen (secondary N) is 1. The first kappa shape index (κ1) is 18.9. The maximum Gasteiger partial charge on any atom is 0.380 e. The molecule has 0 aliphatic carbocycles. The van der Waals surface area contributed by atoms with Crippen molar-refractivity contribution in [3.8, 4) is 0 Å². The number of nitrogens with zero attached hydrogens (tertiary/aromatic N) is 1. The summed E-state index contributed by atoms with van der Waals surface area (Å²) in [5.74, 6) is -3.03. The average molecular weight is 395 g/mol. The number of carbonyl (C=O) groups is 1. The van der Waals surface area contributed by atoms with Crippen molar-refractivity contribution in [3.63, 3.8) is 0 Å². The van der Waals surface area contributed by atoms with E-state index in [1.54, 1.807) is 0 Å². The lowest BCUT2D eigenvalue weighted by Gasteiger charge is -2.35. The molecule has 2 aliphatic heterocycles. The Kier molecular flexibility index (Phi) is 5.03. The van der Waals surface area contributed by atoms with Crippen molar-refractivity contribution in [2.45, 2.75) is 36.9 Å². The zero-order valence-corrected chi connectivity index (χ0v) is 14.0. The Balaban J connectivity index is 2.24. The van der Waals surface area contributed by atoms with E-state index in [-0.39, 0.29) is 0 Å². The van der Waals surface area contributed by atoms with E-state index in [1.807, 2.05) is 0 Å². The summed E-state index contributed by atoms with van der Waals surface area (Å²) in [6, 6.07) is -0.900. The average Bonchev–Trinajstić information content (AvgIpc) is 2.58. The minimum absolute atomic E-state index is 0.734. The van der Waals surface area contributed by atoms with Gasteiger partial charge >= 0.3 is 12.1 Å². The van der Waals surface area contributed by atoms with E-state index in [1.165, 1.54) is 0 Å². The van der Waals surface area contributed by atoms with Crippen LogP contribution in [0.25, 0.3) is 0 Å². The largest absolute Gasteiger partial charge is 0.384 e. The maximum atomic E-state index is 14.7. The summed E-state index contributed by atoms with van der Waals surface area (Å²) >= 11 is 10.3. The van der Waals surface area contributed by atoms with Gasteiger partial charge in [0.25, 0.3) is 5.85 Å². The minimum Gasteiger partial charge on any atom is -0.384 e. The Morgan fingerprint density at radius 2 is 2.17 bits per heavy atom. The number of ether oxygens (including phenoxy) is 1. The summed E-state index contributed by atoms with van der Waals surface area (Å²) in [5.41, 5.74) is -2.26. The van der Waals surface area contributed by atoms with E-state index in [0.29, 0.717) is 0 Å². The molecule has 0 saturated carbocycles. The van der Waals surface area contributed by atoms with Crippen LogP contribution >= 0.6 is 28.6 Å².